The van der Waals surface area contributed by atoms with Gasteiger partial charge in [-0.05, 0) is 6.07 Å². The maximum Gasteiger partial charge on any atom is 0.235 e. The molecule has 0 saturated carbocycles. The van der Waals surface area contributed by atoms with E-state index in [9.17, 15) is 0 Å². The van der Waals surface area contributed by atoms with Gasteiger partial charge in [0.1, 0.15) is 5.01 Å². The van der Waals surface area contributed by atoms with Crippen LogP contribution >= 0.6 is 27.3 Å². The maximum absolute atomic E-state index is 5.38. The van der Waals surface area contributed by atoms with Crippen LogP contribution in [0.1, 0.15) is 5.82 Å². The van der Waals surface area contributed by atoms with Crippen LogP contribution in [0.4, 0.5) is 0 Å². The van der Waals surface area contributed by atoms with E-state index in [4.69, 9.17) is 9.84 Å². The van der Waals surface area contributed by atoms with Crippen molar-refractivity contribution in [1.82, 2.24) is 24.7 Å². The highest BCUT2D eigenvalue weighted by Crippen LogP contribution is 2.31. The average Bonchev–Trinajstić information content (AvgIpc) is 3.11. The van der Waals surface area contributed by atoms with Gasteiger partial charge in [0.2, 0.25) is 4.96 Å². The van der Waals surface area contributed by atoms with Gasteiger partial charge in [-0.1, -0.05) is 45.5 Å². The number of ether oxygens (including phenoxy) is 1. The van der Waals surface area contributed by atoms with Gasteiger partial charge in [0, 0.05) is 23.1 Å². The van der Waals surface area contributed by atoms with Crippen molar-refractivity contribution in [2.45, 2.75) is 6.54 Å². The van der Waals surface area contributed by atoms with Gasteiger partial charge >= 0.3 is 0 Å². The normalized spacial score (nSPS) is 16.4. The van der Waals surface area contributed by atoms with Crippen molar-refractivity contribution in [3.63, 3.8) is 0 Å². The Morgan fingerprint density at radius 1 is 1.18 bits per heavy atom. The first-order chi connectivity index (χ1) is 10.8. The number of aromatic nitrogens is 4. The molecular formula is C14H14BrN5OS. The third-order valence-electron chi connectivity index (χ3n) is 3.63. The summed E-state index contributed by atoms with van der Waals surface area (Å²) in [6, 6.07) is 8.08. The summed E-state index contributed by atoms with van der Waals surface area (Å²) in [6.07, 6.45) is 0. The van der Waals surface area contributed by atoms with E-state index in [1.807, 2.05) is 22.7 Å². The fraction of sp³-hybridized carbons (Fsp3) is 0.357. The number of morpholine rings is 1. The number of rotatable bonds is 3. The lowest BCUT2D eigenvalue weighted by Crippen LogP contribution is -2.36. The van der Waals surface area contributed by atoms with Crippen LogP contribution in [0, 0.1) is 0 Å². The zero-order chi connectivity index (χ0) is 14.9. The van der Waals surface area contributed by atoms with Crippen molar-refractivity contribution in [2.24, 2.45) is 0 Å². The molecule has 0 N–H and O–H groups in total. The van der Waals surface area contributed by atoms with Gasteiger partial charge in [-0.2, -0.15) is 9.61 Å². The van der Waals surface area contributed by atoms with Crippen molar-refractivity contribution < 1.29 is 4.74 Å². The minimum absolute atomic E-state index is 0.754. The monoisotopic (exact) mass is 379 g/mol. The first kappa shape index (κ1) is 14.3. The largest absolute Gasteiger partial charge is 0.379 e. The van der Waals surface area contributed by atoms with E-state index in [1.54, 1.807) is 11.3 Å². The molecule has 4 rings (SSSR count). The first-order valence-electron chi connectivity index (χ1n) is 7.07. The molecule has 8 heteroatoms. The molecule has 22 heavy (non-hydrogen) atoms. The number of hydrogen-bond donors (Lipinski definition) is 0. The molecule has 1 aromatic carbocycles. The smallest absolute Gasteiger partial charge is 0.235 e. The molecule has 1 aliphatic heterocycles. The van der Waals surface area contributed by atoms with Crippen LogP contribution in [0.3, 0.4) is 0 Å². The van der Waals surface area contributed by atoms with Crippen LogP contribution in [0.25, 0.3) is 15.5 Å². The van der Waals surface area contributed by atoms with Crippen molar-refractivity contribution in [3.8, 4) is 10.6 Å². The minimum Gasteiger partial charge on any atom is -0.379 e. The summed E-state index contributed by atoms with van der Waals surface area (Å²) in [5, 5.41) is 14.2. The molecule has 0 spiro atoms. The number of hydrogen-bond acceptors (Lipinski definition) is 6. The van der Waals surface area contributed by atoms with Crippen LogP contribution in [0.15, 0.2) is 28.7 Å². The van der Waals surface area contributed by atoms with Gasteiger partial charge in [-0.3, -0.25) is 4.90 Å². The van der Waals surface area contributed by atoms with Crippen molar-refractivity contribution >= 4 is 32.2 Å². The zero-order valence-corrected chi connectivity index (χ0v) is 14.2. The Bertz CT molecular complexity index is 795. The fourth-order valence-corrected chi connectivity index (χ4v) is 3.96. The summed E-state index contributed by atoms with van der Waals surface area (Å²) in [7, 11) is 0. The lowest BCUT2D eigenvalue weighted by atomic mass is 10.2. The second-order valence-corrected chi connectivity index (χ2v) is 6.90. The van der Waals surface area contributed by atoms with Crippen LogP contribution < -0.4 is 0 Å². The predicted molar refractivity (Wildman–Crippen MR) is 87.9 cm³/mol. The van der Waals surface area contributed by atoms with Crippen LogP contribution in [-0.4, -0.2) is 51.0 Å². The van der Waals surface area contributed by atoms with Gasteiger partial charge in [0.15, 0.2) is 5.82 Å². The Hall–Kier alpha value is -1.35. The number of benzene rings is 1. The lowest BCUT2D eigenvalue weighted by molar-refractivity contribution is 0.0328. The molecule has 0 radical (unpaired) electrons. The van der Waals surface area contributed by atoms with Crippen LogP contribution in [0.2, 0.25) is 0 Å². The van der Waals surface area contributed by atoms with Crippen LogP contribution in [-0.2, 0) is 11.3 Å². The number of fused-ring (bicyclic) bond motifs is 1. The van der Waals surface area contributed by atoms with E-state index >= 15 is 0 Å². The Kier molecular flexibility index (Phi) is 3.91. The molecule has 1 aliphatic rings. The molecule has 0 bridgehead atoms. The predicted octanol–water partition coefficient (Wildman–Crippen LogP) is 2.45. The molecule has 2 aromatic heterocycles. The topological polar surface area (TPSA) is 55.5 Å². The summed E-state index contributed by atoms with van der Waals surface area (Å²) in [5.74, 6) is 0.881. The highest BCUT2D eigenvalue weighted by Gasteiger charge is 2.18. The molecule has 3 aromatic rings. The molecule has 0 aliphatic carbocycles. The summed E-state index contributed by atoms with van der Waals surface area (Å²) < 4.78 is 8.27. The Morgan fingerprint density at radius 2 is 2.00 bits per heavy atom. The molecule has 0 atom stereocenters. The van der Waals surface area contributed by atoms with Crippen molar-refractivity contribution in [3.05, 3.63) is 34.6 Å². The van der Waals surface area contributed by atoms with E-state index in [-0.39, 0.29) is 0 Å². The van der Waals surface area contributed by atoms with E-state index in [2.05, 4.69) is 37.1 Å². The second kappa shape index (κ2) is 6.04. The van der Waals surface area contributed by atoms with Gasteiger partial charge in [0.25, 0.3) is 0 Å². The summed E-state index contributed by atoms with van der Waals surface area (Å²) in [6.45, 7) is 4.17. The zero-order valence-electron chi connectivity index (χ0n) is 11.8. The molecule has 1 saturated heterocycles. The highest BCUT2D eigenvalue weighted by atomic mass is 79.9. The Labute approximate surface area is 139 Å². The van der Waals surface area contributed by atoms with Gasteiger partial charge in [-0.15, -0.1) is 10.2 Å². The quantitative estimate of drug-likeness (QED) is 0.699. The van der Waals surface area contributed by atoms with Gasteiger partial charge < -0.3 is 4.74 Å². The molecule has 114 valence electrons. The van der Waals surface area contributed by atoms with E-state index < -0.39 is 0 Å². The van der Waals surface area contributed by atoms with Gasteiger partial charge in [-0.25, -0.2) is 0 Å². The minimum atomic E-state index is 0.754. The molecule has 0 unspecified atom stereocenters. The molecule has 0 amide bonds. The molecule has 6 nitrogen and oxygen atoms in total. The average molecular weight is 380 g/mol. The molecular weight excluding hydrogens is 366 g/mol. The standard InChI is InChI=1S/C14H14BrN5OS/c15-11-4-2-1-3-10(11)13-18-20-12(16-17-14(20)22-13)9-19-5-7-21-8-6-19/h1-4H,5-9H2. The number of halogens is 1. The third-order valence-corrected chi connectivity index (χ3v) is 5.25. The number of nitrogens with zero attached hydrogens (tertiary/aromatic N) is 5. The summed E-state index contributed by atoms with van der Waals surface area (Å²) in [4.78, 5) is 3.14. The van der Waals surface area contributed by atoms with E-state index in [0.717, 1.165) is 58.7 Å². The highest BCUT2D eigenvalue weighted by molar-refractivity contribution is 9.10. The first-order valence-corrected chi connectivity index (χ1v) is 8.68. The van der Waals surface area contributed by atoms with E-state index in [1.165, 1.54) is 0 Å². The van der Waals surface area contributed by atoms with Crippen LogP contribution in [0.5, 0.6) is 0 Å². The van der Waals surface area contributed by atoms with Gasteiger partial charge in [0.05, 0.1) is 19.8 Å². The lowest BCUT2D eigenvalue weighted by Gasteiger charge is -2.25. The Balaban J connectivity index is 1.66. The maximum atomic E-state index is 5.38. The van der Waals surface area contributed by atoms with E-state index in [0.29, 0.717) is 0 Å². The molecule has 3 heterocycles. The SMILES string of the molecule is Brc1ccccc1-c1nn2c(CN3CCOCC3)nnc2s1. The van der Waals surface area contributed by atoms with Crippen molar-refractivity contribution in [2.75, 3.05) is 26.3 Å². The Morgan fingerprint density at radius 3 is 2.82 bits per heavy atom. The summed E-state index contributed by atoms with van der Waals surface area (Å²) in [5.41, 5.74) is 1.08. The summed E-state index contributed by atoms with van der Waals surface area (Å²) >= 11 is 5.13. The molecule has 1 fully saturated rings. The fourth-order valence-electron chi connectivity index (χ4n) is 2.46. The third kappa shape index (κ3) is 2.67. The van der Waals surface area contributed by atoms with Crippen molar-refractivity contribution in [1.29, 1.82) is 0 Å². The second-order valence-electron chi connectivity index (χ2n) is 5.09.